The van der Waals surface area contributed by atoms with Gasteiger partial charge in [0, 0.05) is 30.8 Å². The van der Waals surface area contributed by atoms with E-state index in [0.29, 0.717) is 17.8 Å². The summed E-state index contributed by atoms with van der Waals surface area (Å²) < 4.78 is 14.2. The lowest BCUT2D eigenvalue weighted by Gasteiger charge is -1.97. The quantitative estimate of drug-likeness (QED) is 0.693. The van der Waals surface area contributed by atoms with Gasteiger partial charge in [0.05, 0.1) is 11.9 Å². The van der Waals surface area contributed by atoms with Crippen LogP contribution in [0.3, 0.4) is 0 Å². The van der Waals surface area contributed by atoms with Crippen LogP contribution in [0.1, 0.15) is 23.5 Å². The third kappa shape index (κ3) is 3.23. The van der Waals surface area contributed by atoms with Crippen LogP contribution in [-0.4, -0.2) is 19.6 Å². The van der Waals surface area contributed by atoms with E-state index in [-0.39, 0.29) is 0 Å². The SMILES string of the molecule is FCc1cccc(C#CCCc2ccn3nccc3n2)n1. The lowest BCUT2D eigenvalue weighted by Crippen LogP contribution is -1.94. The summed E-state index contributed by atoms with van der Waals surface area (Å²) in [5.74, 6) is 5.99. The lowest BCUT2D eigenvalue weighted by molar-refractivity contribution is 0.476. The first-order chi connectivity index (χ1) is 10.3. The number of nitrogens with zero attached hydrogens (tertiary/aromatic N) is 4. The number of hydrogen-bond donors (Lipinski definition) is 0. The Morgan fingerprint density at radius 2 is 2.05 bits per heavy atom. The average Bonchev–Trinajstić information content (AvgIpc) is 2.99. The zero-order valence-electron chi connectivity index (χ0n) is 11.3. The third-order valence-electron chi connectivity index (χ3n) is 2.98. The van der Waals surface area contributed by atoms with E-state index in [4.69, 9.17) is 0 Å². The van der Waals surface area contributed by atoms with Gasteiger partial charge in [0.15, 0.2) is 5.65 Å². The monoisotopic (exact) mass is 280 g/mol. The van der Waals surface area contributed by atoms with Crippen molar-refractivity contribution in [2.45, 2.75) is 19.5 Å². The molecule has 0 unspecified atom stereocenters. The van der Waals surface area contributed by atoms with Crippen molar-refractivity contribution in [1.82, 2.24) is 19.6 Å². The number of alkyl halides is 1. The van der Waals surface area contributed by atoms with Crippen molar-refractivity contribution in [1.29, 1.82) is 0 Å². The summed E-state index contributed by atoms with van der Waals surface area (Å²) in [6.07, 6.45) is 5.04. The number of fused-ring (bicyclic) bond motifs is 1. The molecule has 0 N–H and O–H groups in total. The molecule has 0 fully saturated rings. The van der Waals surface area contributed by atoms with Crippen molar-refractivity contribution in [3.63, 3.8) is 0 Å². The fraction of sp³-hybridized carbons (Fsp3) is 0.188. The van der Waals surface area contributed by atoms with Crippen LogP contribution in [0.5, 0.6) is 0 Å². The number of pyridine rings is 1. The molecule has 0 saturated heterocycles. The first-order valence-electron chi connectivity index (χ1n) is 6.65. The highest BCUT2D eigenvalue weighted by molar-refractivity contribution is 5.36. The molecule has 0 spiro atoms. The van der Waals surface area contributed by atoms with Crippen LogP contribution < -0.4 is 0 Å². The Balaban J connectivity index is 1.64. The summed E-state index contributed by atoms with van der Waals surface area (Å²) in [6.45, 7) is -0.565. The molecule has 0 radical (unpaired) electrons. The van der Waals surface area contributed by atoms with E-state index in [1.807, 2.05) is 18.3 Å². The molecular weight excluding hydrogens is 267 g/mol. The topological polar surface area (TPSA) is 43.1 Å². The van der Waals surface area contributed by atoms with E-state index in [0.717, 1.165) is 17.8 Å². The van der Waals surface area contributed by atoms with Crippen molar-refractivity contribution in [3.05, 3.63) is 59.8 Å². The van der Waals surface area contributed by atoms with E-state index >= 15 is 0 Å². The summed E-state index contributed by atoms with van der Waals surface area (Å²) in [5, 5.41) is 4.10. The first-order valence-corrected chi connectivity index (χ1v) is 6.65. The Labute approximate surface area is 121 Å². The summed E-state index contributed by atoms with van der Waals surface area (Å²) in [7, 11) is 0. The fourth-order valence-electron chi connectivity index (χ4n) is 1.96. The molecule has 21 heavy (non-hydrogen) atoms. The Bertz CT molecular complexity index is 814. The summed E-state index contributed by atoms with van der Waals surface area (Å²) in [6, 6.07) is 8.99. The highest BCUT2D eigenvalue weighted by Gasteiger charge is 1.98. The second-order valence-electron chi connectivity index (χ2n) is 4.50. The van der Waals surface area contributed by atoms with E-state index in [1.54, 1.807) is 28.9 Å². The lowest BCUT2D eigenvalue weighted by atomic mass is 10.2. The molecule has 5 heteroatoms. The molecule has 0 aliphatic carbocycles. The Morgan fingerprint density at radius 1 is 1.10 bits per heavy atom. The smallest absolute Gasteiger partial charge is 0.155 e. The Kier molecular flexibility index (Phi) is 3.88. The predicted molar refractivity (Wildman–Crippen MR) is 77.2 cm³/mol. The predicted octanol–water partition coefficient (Wildman–Crippen LogP) is 2.58. The molecule has 3 aromatic rings. The van der Waals surface area contributed by atoms with Gasteiger partial charge in [-0.15, -0.1) is 0 Å². The van der Waals surface area contributed by atoms with E-state index in [2.05, 4.69) is 26.9 Å². The molecule has 0 bridgehead atoms. The van der Waals surface area contributed by atoms with Crippen molar-refractivity contribution >= 4 is 5.65 Å². The third-order valence-corrected chi connectivity index (χ3v) is 2.98. The fourth-order valence-corrected chi connectivity index (χ4v) is 1.96. The van der Waals surface area contributed by atoms with Gasteiger partial charge in [0.1, 0.15) is 12.4 Å². The maximum Gasteiger partial charge on any atom is 0.155 e. The van der Waals surface area contributed by atoms with Gasteiger partial charge in [0.2, 0.25) is 0 Å². The molecule has 104 valence electrons. The number of aryl methyl sites for hydroxylation is 1. The molecule has 4 nitrogen and oxygen atoms in total. The second-order valence-corrected chi connectivity index (χ2v) is 4.50. The normalized spacial score (nSPS) is 10.3. The minimum atomic E-state index is -0.565. The van der Waals surface area contributed by atoms with E-state index < -0.39 is 6.67 Å². The maximum absolute atomic E-state index is 12.5. The number of rotatable bonds is 3. The molecule has 0 saturated carbocycles. The van der Waals surface area contributed by atoms with Crippen LogP contribution in [0.2, 0.25) is 0 Å². The van der Waals surface area contributed by atoms with Crippen LogP contribution in [0, 0.1) is 11.8 Å². The standard InChI is InChI=1S/C16H13FN4/c17-12-15-7-3-6-13(19-15)4-1-2-5-14-9-11-21-16(20-14)8-10-18-21/h3,6-11H,2,5,12H2. The zero-order valence-corrected chi connectivity index (χ0v) is 11.3. The zero-order chi connectivity index (χ0) is 14.5. The summed E-state index contributed by atoms with van der Waals surface area (Å²) in [5.41, 5.74) is 2.82. The molecule has 3 heterocycles. The maximum atomic E-state index is 12.5. The average molecular weight is 280 g/mol. The van der Waals surface area contributed by atoms with Crippen molar-refractivity contribution in [3.8, 4) is 11.8 Å². The Morgan fingerprint density at radius 3 is 2.95 bits per heavy atom. The second kappa shape index (κ2) is 6.14. The molecule has 0 aliphatic rings. The van der Waals surface area contributed by atoms with E-state index in [1.165, 1.54) is 0 Å². The van der Waals surface area contributed by atoms with Gasteiger partial charge in [-0.25, -0.2) is 18.9 Å². The molecule has 3 rings (SSSR count). The minimum Gasteiger partial charge on any atom is -0.244 e. The van der Waals surface area contributed by atoms with Crippen LogP contribution in [-0.2, 0) is 13.1 Å². The molecule has 0 aromatic carbocycles. The first kappa shape index (κ1) is 13.3. The highest BCUT2D eigenvalue weighted by atomic mass is 19.1. The molecular formula is C16H13FN4. The van der Waals surface area contributed by atoms with Crippen LogP contribution in [0.4, 0.5) is 4.39 Å². The van der Waals surface area contributed by atoms with Gasteiger partial charge in [-0.3, -0.25) is 0 Å². The molecule has 3 aromatic heterocycles. The Hall–Kier alpha value is -2.74. The van der Waals surface area contributed by atoms with Gasteiger partial charge in [-0.05, 0) is 24.1 Å². The van der Waals surface area contributed by atoms with Gasteiger partial charge in [-0.2, -0.15) is 5.10 Å². The molecule has 0 aliphatic heterocycles. The minimum absolute atomic E-state index is 0.412. The number of hydrogen-bond acceptors (Lipinski definition) is 3. The van der Waals surface area contributed by atoms with E-state index in [9.17, 15) is 4.39 Å². The van der Waals surface area contributed by atoms with Crippen molar-refractivity contribution < 1.29 is 4.39 Å². The highest BCUT2D eigenvalue weighted by Crippen LogP contribution is 2.04. The van der Waals surface area contributed by atoms with Gasteiger partial charge in [0.25, 0.3) is 0 Å². The van der Waals surface area contributed by atoms with Gasteiger partial charge >= 0.3 is 0 Å². The molecule has 0 atom stereocenters. The summed E-state index contributed by atoms with van der Waals surface area (Å²) in [4.78, 5) is 8.57. The largest absolute Gasteiger partial charge is 0.244 e. The van der Waals surface area contributed by atoms with Crippen molar-refractivity contribution in [2.24, 2.45) is 0 Å². The van der Waals surface area contributed by atoms with Gasteiger partial charge < -0.3 is 0 Å². The summed E-state index contributed by atoms with van der Waals surface area (Å²) >= 11 is 0. The number of aromatic nitrogens is 4. The van der Waals surface area contributed by atoms with Crippen LogP contribution >= 0.6 is 0 Å². The van der Waals surface area contributed by atoms with Gasteiger partial charge in [-0.1, -0.05) is 12.0 Å². The van der Waals surface area contributed by atoms with Crippen LogP contribution in [0.25, 0.3) is 5.65 Å². The molecule has 0 amide bonds. The number of halogens is 1. The van der Waals surface area contributed by atoms with Crippen LogP contribution in [0.15, 0.2) is 42.7 Å². The van der Waals surface area contributed by atoms with Crippen molar-refractivity contribution in [2.75, 3.05) is 0 Å².